The van der Waals surface area contributed by atoms with Crippen molar-refractivity contribution in [2.24, 2.45) is 4.99 Å². The van der Waals surface area contributed by atoms with Gasteiger partial charge in [0, 0.05) is 17.8 Å². The van der Waals surface area contributed by atoms with E-state index in [1.54, 1.807) is 0 Å². The highest BCUT2D eigenvalue weighted by Crippen LogP contribution is 2.30. The van der Waals surface area contributed by atoms with Crippen LogP contribution in [0.3, 0.4) is 0 Å². The number of nitrogens with zero attached hydrogens (tertiary/aromatic N) is 3. The number of aromatic nitrogens is 2. The maximum atomic E-state index is 12.5. The van der Waals surface area contributed by atoms with Crippen molar-refractivity contribution >= 4 is 28.6 Å². The highest BCUT2D eigenvalue weighted by atomic mass is 32.1. The summed E-state index contributed by atoms with van der Waals surface area (Å²) in [7, 11) is 1.42. The van der Waals surface area contributed by atoms with E-state index >= 15 is 0 Å². The second-order valence-electron chi connectivity index (χ2n) is 4.53. The summed E-state index contributed by atoms with van der Waals surface area (Å²) in [4.78, 5) is 10.7. The summed E-state index contributed by atoms with van der Waals surface area (Å²) in [5.41, 5.74) is -1.94. The first-order valence-electron chi connectivity index (χ1n) is 6.57. The molecule has 13 heteroatoms. The molecule has 2 N–H and O–H groups in total. The fourth-order valence-corrected chi connectivity index (χ4v) is 3.06. The molecule has 25 heavy (non-hydrogen) atoms. The third-order valence-corrected chi connectivity index (χ3v) is 4.42. The van der Waals surface area contributed by atoms with Crippen LogP contribution in [0.15, 0.2) is 15.8 Å². The minimum Gasteiger partial charge on any atom is -0.350 e. The predicted molar refractivity (Wildman–Crippen MR) is 81.3 cm³/mol. The van der Waals surface area contributed by atoms with Gasteiger partial charge in [-0.3, -0.25) is 4.99 Å². The van der Waals surface area contributed by atoms with Crippen molar-refractivity contribution in [3.05, 3.63) is 32.2 Å². The van der Waals surface area contributed by atoms with Gasteiger partial charge in [0.2, 0.25) is 0 Å². The summed E-state index contributed by atoms with van der Waals surface area (Å²) in [5.74, 6) is 0.201. The lowest BCUT2D eigenvalue weighted by molar-refractivity contribution is -0.141. The summed E-state index contributed by atoms with van der Waals surface area (Å²) in [6.07, 6.45) is -9.01. The fraction of sp³-hybridized carbons (Fsp3) is 0.417. The maximum Gasteiger partial charge on any atom is 0.434 e. The molecule has 5 nitrogen and oxygen atoms in total. The molecule has 138 valence electrons. The molecule has 0 aliphatic carbocycles. The van der Waals surface area contributed by atoms with E-state index in [-0.39, 0.29) is 29.1 Å². The van der Waals surface area contributed by atoms with Crippen LogP contribution < -0.4 is 10.6 Å². The molecule has 0 radical (unpaired) electrons. The zero-order valence-corrected chi connectivity index (χ0v) is 14.1. The molecule has 2 heterocycles. The van der Waals surface area contributed by atoms with Crippen molar-refractivity contribution in [1.82, 2.24) is 20.6 Å². The van der Waals surface area contributed by atoms with Gasteiger partial charge in [-0.05, 0) is 0 Å². The highest BCUT2D eigenvalue weighted by molar-refractivity contribution is 7.09. The Balaban J connectivity index is 1.87. The molecular formula is C12H11F6N5S2. The van der Waals surface area contributed by atoms with Crippen molar-refractivity contribution in [3.8, 4) is 0 Å². The molecule has 0 unspecified atom stereocenters. The van der Waals surface area contributed by atoms with E-state index in [2.05, 4.69) is 25.6 Å². The predicted octanol–water partition coefficient (Wildman–Crippen LogP) is 3.50. The van der Waals surface area contributed by atoms with E-state index in [1.807, 2.05) is 0 Å². The molecule has 0 saturated carbocycles. The minimum atomic E-state index is -4.50. The lowest BCUT2D eigenvalue weighted by atomic mass is 10.5. The van der Waals surface area contributed by atoms with Crippen molar-refractivity contribution < 1.29 is 26.3 Å². The van der Waals surface area contributed by atoms with E-state index in [0.717, 1.165) is 33.4 Å². The van der Waals surface area contributed by atoms with Gasteiger partial charge in [0.25, 0.3) is 0 Å². The van der Waals surface area contributed by atoms with Gasteiger partial charge >= 0.3 is 12.4 Å². The normalized spacial score (nSPS) is 12.1. The summed E-state index contributed by atoms with van der Waals surface area (Å²) in [5, 5.41) is 7.67. The zero-order chi connectivity index (χ0) is 18.7. The Labute approximate surface area is 145 Å². The Bertz CT molecular complexity index is 675. The second-order valence-corrected chi connectivity index (χ2v) is 6.41. The number of nitrogens with one attached hydrogen (secondary N) is 2. The second kappa shape index (κ2) is 7.56. The molecule has 2 rings (SSSR count). The molecular weight excluding hydrogens is 392 g/mol. The van der Waals surface area contributed by atoms with Gasteiger partial charge in [-0.1, -0.05) is 0 Å². The number of hydrogen-bond donors (Lipinski definition) is 2. The van der Waals surface area contributed by atoms with Gasteiger partial charge in [0.05, 0.1) is 13.1 Å². The third kappa shape index (κ3) is 5.56. The van der Waals surface area contributed by atoms with Gasteiger partial charge < -0.3 is 10.6 Å². The van der Waals surface area contributed by atoms with Crippen LogP contribution in [0.5, 0.6) is 0 Å². The van der Waals surface area contributed by atoms with E-state index in [4.69, 9.17) is 0 Å². The van der Waals surface area contributed by atoms with Crippen LogP contribution in [0.1, 0.15) is 21.4 Å². The van der Waals surface area contributed by atoms with E-state index < -0.39 is 23.7 Å². The maximum absolute atomic E-state index is 12.5. The van der Waals surface area contributed by atoms with E-state index in [1.165, 1.54) is 7.05 Å². The molecule has 0 aliphatic heterocycles. The lowest BCUT2D eigenvalue weighted by Crippen LogP contribution is -2.36. The van der Waals surface area contributed by atoms with Gasteiger partial charge in [-0.2, -0.15) is 26.3 Å². The van der Waals surface area contributed by atoms with Gasteiger partial charge in [-0.15, -0.1) is 22.7 Å². The number of halogens is 6. The van der Waals surface area contributed by atoms with Crippen LogP contribution in [-0.2, 0) is 25.4 Å². The van der Waals surface area contributed by atoms with Crippen LogP contribution in [-0.4, -0.2) is 23.0 Å². The SMILES string of the molecule is CN=C(NCc1nc(C(F)(F)F)cs1)NCc1nc(C(F)(F)F)cs1. The third-order valence-electron chi connectivity index (χ3n) is 2.72. The van der Waals surface area contributed by atoms with E-state index in [9.17, 15) is 26.3 Å². The molecule has 0 spiro atoms. The van der Waals surface area contributed by atoms with Gasteiger partial charge in [0.15, 0.2) is 17.3 Å². The smallest absolute Gasteiger partial charge is 0.350 e. The van der Waals surface area contributed by atoms with Crippen molar-refractivity contribution in [2.75, 3.05) is 7.05 Å². The summed E-state index contributed by atoms with van der Waals surface area (Å²) < 4.78 is 74.8. The fourth-order valence-electron chi connectivity index (χ4n) is 1.58. The topological polar surface area (TPSA) is 62.2 Å². The molecule has 0 saturated heterocycles. The zero-order valence-electron chi connectivity index (χ0n) is 12.5. The number of hydrogen-bond acceptors (Lipinski definition) is 5. The van der Waals surface area contributed by atoms with Crippen LogP contribution >= 0.6 is 22.7 Å². The van der Waals surface area contributed by atoms with Gasteiger partial charge in [-0.25, -0.2) is 9.97 Å². The van der Waals surface area contributed by atoms with Crippen molar-refractivity contribution in [2.45, 2.75) is 25.4 Å². The number of guanidine groups is 1. The summed E-state index contributed by atoms with van der Waals surface area (Å²) in [6.45, 7) is -0.0157. The average Bonchev–Trinajstić information content (AvgIpc) is 3.15. The van der Waals surface area contributed by atoms with Crippen LogP contribution in [0.2, 0.25) is 0 Å². The first-order chi connectivity index (χ1) is 11.6. The molecule has 0 aromatic carbocycles. The molecule has 0 atom stereocenters. The monoisotopic (exact) mass is 403 g/mol. The number of thiazole rings is 2. The first-order valence-corrected chi connectivity index (χ1v) is 8.33. The number of alkyl halides is 6. The molecule has 2 aromatic rings. The quantitative estimate of drug-likeness (QED) is 0.466. The molecule has 0 fully saturated rings. The first kappa shape index (κ1) is 19.4. The minimum absolute atomic E-state index is 0.00785. The standard InChI is InChI=1S/C12H11F6N5S2/c1-19-10(20-2-8-22-6(4-24-8)11(13,14)15)21-3-9-23-7(5-25-9)12(16,17)18/h4-5H,2-3H2,1H3,(H2,19,20,21). The number of aliphatic imine (C=N–C) groups is 1. The Morgan fingerprint density at radius 1 is 0.920 bits per heavy atom. The number of rotatable bonds is 4. The van der Waals surface area contributed by atoms with Gasteiger partial charge in [0.1, 0.15) is 10.0 Å². The molecule has 2 aromatic heterocycles. The van der Waals surface area contributed by atoms with Crippen LogP contribution in [0, 0.1) is 0 Å². The van der Waals surface area contributed by atoms with Crippen LogP contribution in [0.4, 0.5) is 26.3 Å². The Kier molecular flexibility index (Phi) is 5.87. The highest BCUT2D eigenvalue weighted by Gasteiger charge is 2.34. The van der Waals surface area contributed by atoms with E-state index in [0.29, 0.717) is 0 Å². The van der Waals surface area contributed by atoms with Crippen LogP contribution in [0.25, 0.3) is 0 Å². The van der Waals surface area contributed by atoms with Crippen molar-refractivity contribution in [1.29, 1.82) is 0 Å². The average molecular weight is 403 g/mol. The molecule has 0 amide bonds. The Morgan fingerprint density at radius 3 is 1.60 bits per heavy atom. The molecule has 0 bridgehead atoms. The van der Waals surface area contributed by atoms with Crippen molar-refractivity contribution in [3.63, 3.8) is 0 Å². The Hall–Kier alpha value is -1.89. The lowest BCUT2D eigenvalue weighted by Gasteiger charge is -2.09. The molecule has 0 aliphatic rings. The summed E-state index contributed by atoms with van der Waals surface area (Å²) >= 11 is 1.68. The summed E-state index contributed by atoms with van der Waals surface area (Å²) in [6, 6.07) is 0. The Morgan fingerprint density at radius 2 is 1.32 bits per heavy atom. The largest absolute Gasteiger partial charge is 0.434 e.